The van der Waals surface area contributed by atoms with Gasteiger partial charge in [-0.1, -0.05) is 18.2 Å². The molecule has 0 unspecified atom stereocenters. The van der Waals surface area contributed by atoms with E-state index in [0.29, 0.717) is 5.75 Å². The first-order valence-electron chi connectivity index (χ1n) is 6.38. The van der Waals surface area contributed by atoms with Crippen molar-refractivity contribution in [3.63, 3.8) is 0 Å². The first kappa shape index (κ1) is 16.6. The van der Waals surface area contributed by atoms with Crippen LogP contribution in [0.25, 0.3) is 0 Å². The van der Waals surface area contributed by atoms with Crippen LogP contribution in [0.2, 0.25) is 0 Å². The molecule has 2 aromatic rings. The van der Waals surface area contributed by atoms with Crippen LogP contribution in [-0.4, -0.2) is 27.6 Å². The highest BCUT2D eigenvalue weighted by Crippen LogP contribution is 2.36. The van der Waals surface area contributed by atoms with Gasteiger partial charge in [0.25, 0.3) is 15.7 Å². The molecular formula is C14H14N2O6S. The average molecular weight is 338 g/mol. The Morgan fingerprint density at radius 2 is 1.74 bits per heavy atom. The summed E-state index contributed by atoms with van der Waals surface area (Å²) in [4.78, 5) is 9.83. The summed E-state index contributed by atoms with van der Waals surface area (Å²) < 4.78 is 37.5. The largest absolute Gasteiger partial charge is 0.493 e. The van der Waals surface area contributed by atoms with Crippen LogP contribution in [0.5, 0.6) is 11.5 Å². The number of nitro groups is 1. The predicted octanol–water partition coefficient (Wildman–Crippen LogP) is 2.41. The van der Waals surface area contributed by atoms with E-state index >= 15 is 0 Å². The Labute approximate surface area is 132 Å². The molecule has 0 saturated carbocycles. The quantitative estimate of drug-likeness (QED) is 0.640. The Morgan fingerprint density at radius 1 is 1.04 bits per heavy atom. The van der Waals surface area contributed by atoms with Crippen molar-refractivity contribution in [2.75, 3.05) is 18.9 Å². The molecule has 0 amide bonds. The van der Waals surface area contributed by atoms with Gasteiger partial charge in [-0.3, -0.25) is 14.8 Å². The van der Waals surface area contributed by atoms with Crippen molar-refractivity contribution >= 4 is 21.4 Å². The van der Waals surface area contributed by atoms with Gasteiger partial charge in [0.15, 0.2) is 16.4 Å². The van der Waals surface area contributed by atoms with Gasteiger partial charge in [0.05, 0.1) is 24.8 Å². The van der Waals surface area contributed by atoms with E-state index in [2.05, 4.69) is 4.72 Å². The number of nitrogens with one attached hydrogen (secondary N) is 1. The van der Waals surface area contributed by atoms with E-state index in [1.165, 1.54) is 32.4 Å². The first-order valence-corrected chi connectivity index (χ1v) is 7.86. The molecule has 0 atom stereocenters. The van der Waals surface area contributed by atoms with Crippen LogP contribution in [-0.2, 0) is 10.0 Å². The molecule has 0 heterocycles. The molecule has 0 aliphatic carbocycles. The number of nitrogens with zero attached hydrogens (tertiary/aromatic N) is 1. The molecule has 0 spiro atoms. The summed E-state index contributed by atoms with van der Waals surface area (Å²) in [6.07, 6.45) is 0. The van der Waals surface area contributed by atoms with Gasteiger partial charge >= 0.3 is 0 Å². The van der Waals surface area contributed by atoms with E-state index in [0.717, 1.165) is 12.1 Å². The number of nitro benzene ring substituents is 1. The Hall–Kier alpha value is -2.81. The first-order chi connectivity index (χ1) is 10.9. The lowest BCUT2D eigenvalue weighted by Crippen LogP contribution is -2.15. The zero-order valence-corrected chi connectivity index (χ0v) is 13.2. The minimum Gasteiger partial charge on any atom is -0.493 e. The zero-order valence-electron chi connectivity index (χ0n) is 12.3. The fraction of sp³-hybridized carbons (Fsp3) is 0.143. The van der Waals surface area contributed by atoms with Crippen molar-refractivity contribution in [1.29, 1.82) is 0 Å². The van der Waals surface area contributed by atoms with Crippen molar-refractivity contribution in [2.45, 2.75) is 4.90 Å². The Bertz CT molecular complexity index is 835. The topological polar surface area (TPSA) is 108 Å². The second-order valence-corrected chi connectivity index (χ2v) is 6.02. The molecule has 0 fully saturated rings. The third kappa shape index (κ3) is 3.34. The summed E-state index contributed by atoms with van der Waals surface area (Å²) in [6, 6.07) is 9.71. The van der Waals surface area contributed by atoms with Gasteiger partial charge in [0.2, 0.25) is 0 Å². The highest BCUT2D eigenvalue weighted by Gasteiger charge is 2.26. The fourth-order valence-electron chi connectivity index (χ4n) is 2.00. The number of anilines is 1. The number of hydrogen-bond donors (Lipinski definition) is 1. The standard InChI is InChI=1S/C14H14N2O6S/c1-21-12-8-5-6-10(14(12)22-2)15-23(19,20)13-9-4-3-7-11(13)16(17)18/h3-9,15H,1-2H3. The van der Waals surface area contributed by atoms with Gasteiger partial charge < -0.3 is 9.47 Å². The maximum Gasteiger partial charge on any atom is 0.289 e. The third-order valence-electron chi connectivity index (χ3n) is 3.00. The normalized spacial score (nSPS) is 10.9. The zero-order chi connectivity index (χ0) is 17.0. The molecule has 0 aromatic heterocycles. The minimum absolute atomic E-state index is 0.116. The SMILES string of the molecule is COc1cccc(NS(=O)(=O)c2ccccc2[N+](=O)[O-])c1OC. The Kier molecular flexibility index (Phi) is 4.70. The van der Waals surface area contributed by atoms with E-state index in [1.54, 1.807) is 12.1 Å². The Balaban J connectivity index is 2.50. The number of rotatable bonds is 6. The van der Waals surface area contributed by atoms with Crippen LogP contribution in [0.1, 0.15) is 0 Å². The number of sulfonamides is 1. The molecule has 0 radical (unpaired) electrons. The number of hydrogen-bond acceptors (Lipinski definition) is 6. The predicted molar refractivity (Wildman–Crippen MR) is 83.5 cm³/mol. The van der Waals surface area contributed by atoms with E-state index in [4.69, 9.17) is 9.47 Å². The van der Waals surface area contributed by atoms with Crippen LogP contribution < -0.4 is 14.2 Å². The second-order valence-electron chi connectivity index (χ2n) is 4.37. The number of benzene rings is 2. The summed E-state index contributed by atoms with van der Waals surface area (Å²) in [7, 11) is -1.40. The van der Waals surface area contributed by atoms with Gasteiger partial charge in [-0.15, -0.1) is 0 Å². The molecule has 122 valence electrons. The molecule has 0 bridgehead atoms. The number of para-hydroxylation sites is 2. The second kappa shape index (κ2) is 6.53. The third-order valence-corrected chi connectivity index (χ3v) is 4.41. The van der Waals surface area contributed by atoms with Gasteiger partial charge in [0, 0.05) is 6.07 Å². The minimum atomic E-state index is -4.17. The summed E-state index contributed by atoms with van der Waals surface area (Å²) in [5.74, 6) is 0.507. The van der Waals surface area contributed by atoms with E-state index in [9.17, 15) is 18.5 Å². The molecular weight excluding hydrogens is 324 g/mol. The van der Waals surface area contributed by atoms with Crippen molar-refractivity contribution < 1.29 is 22.8 Å². The maximum absolute atomic E-state index is 12.5. The summed E-state index contributed by atoms with van der Waals surface area (Å²) in [6.45, 7) is 0. The molecule has 1 N–H and O–H groups in total. The molecule has 8 nitrogen and oxygen atoms in total. The van der Waals surface area contributed by atoms with Gasteiger partial charge in [-0.05, 0) is 18.2 Å². The average Bonchev–Trinajstić information content (AvgIpc) is 2.54. The van der Waals surface area contributed by atoms with E-state index < -0.39 is 25.5 Å². The van der Waals surface area contributed by atoms with Gasteiger partial charge in [-0.25, -0.2) is 8.42 Å². The highest BCUT2D eigenvalue weighted by atomic mass is 32.2. The summed E-state index contributed by atoms with van der Waals surface area (Å²) >= 11 is 0. The molecule has 0 saturated heterocycles. The van der Waals surface area contributed by atoms with Gasteiger partial charge in [0.1, 0.15) is 0 Å². The summed E-state index contributed by atoms with van der Waals surface area (Å²) in [5, 5.41) is 11.0. The monoisotopic (exact) mass is 338 g/mol. The fourth-order valence-corrected chi connectivity index (χ4v) is 3.24. The number of ether oxygens (including phenoxy) is 2. The van der Waals surface area contributed by atoms with Crippen LogP contribution >= 0.6 is 0 Å². The van der Waals surface area contributed by atoms with E-state index in [-0.39, 0.29) is 11.4 Å². The summed E-state index contributed by atoms with van der Waals surface area (Å²) in [5.41, 5.74) is -0.396. The van der Waals surface area contributed by atoms with Crippen LogP contribution in [0.15, 0.2) is 47.4 Å². The van der Waals surface area contributed by atoms with Gasteiger partial charge in [-0.2, -0.15) is 0 Å². The molecule has 0 aliphatic heterocycles. The van der Waals surface area contributed by atoms with Crippen molar-refractivity contribution in [3.8, 4) is 11.5 Å². The van der Waals surface area contributed by atoms with Crippen molar-refractivity contribution in [1.82, 2.24) is 0 Å². The molecule has 9 heteroatoms. The lowest BCUT2D eigenvalue weighted by molar-refractivity contribution is -0.387. The smallest absolute Gasteiger partial charge is 0.289 e. The van der Waals surface area contributed by atoms with Crippen molar-refractivity contribution in [2.24, 2.45) is 0 Å². The highest BCUT2D eigenvalue weighted by molar-refractivity contribution is 7.92. The van der Waals surface area contributed by atoms with Crippen molar-refractivity contribution in [3.05, 3.63) is 52.6 Å². The van der Waals surface area contributed by atoms with Crippen LogP contribution in [0.3, 0.4) is 0 Å². The van der Waals surface area contributed by atoms with E-state index in [1.807, 2.05) is 0 Å². The Morgan fingerprint density at radius 3 is 2.35 bits per heavy atom. The lowest BCUT2D eigenvalue weighted by atomic mass is 10.3. The molecule has 2 aromatic carbocycles. The molecule has 23 heavy (non-hydrogen) atoms. The lowest BCUT2D eigenvalue weighted by Gasteiger charge is -2.14. The number of methoxy groups -OCH3 is 2. The van der Waals surface area contributed by atoms with Crippen LogP contribution in [0, 0.1) is 10.1 Å². The molecule has 0 aliphatic rings. The maximum atomic E-state index is 12.5. The van der Waals surface area contributed by atoms with Crippen LogP contribution in [0.4, 0.5) is 11.4 Å². The molecule has 2 rings (SSSR count).